The normalized spacial score (nSPS) is 35.0. The van der Waals surface area contributed by atoms with Crippen LogP contribution in [0, 0.1) is 17.3 Å². The molecule has 1 saturated heterocycles. The Morgan fingerprint density at radius 2 is 1.90 bits per heavy atom. The molecule has 1 atom stereocenters. The van der Waals surface area contributed by atoms with Crippen LogP contribution in [0.25, 0.3) is 0 Å². The summed E-state index contributed by atoms with van der Waals surface area (Å²) in [6.45, 7) is 11.1. The van der Waals surface area contributed by atoms with Crippen molar-refractivity contribution in [3.8, 4) is 0 Å². The highest BCUT2D eigenvalue weighted by Crippen LogP contribution is 2.39. The van der Waals surface area contributed by atoms with E-state index in [-0.39, 0.29) is 17.4 Å². The molecule has 1 unspecified atom stereocenters. The van der Waals surface area contributed by atoms with Gasteiger partial charge in [-0.05, 0) is 63.3 Å². The molecule has 1 saturated carbocycles. The van der Waals surface area contributed by atoms with Crippen LogP contribution < -0.4 is 10.6 Å². The first-order chi connectivity index (χ1) is 9.30. The van der Waals surface area contributed by atoms with E-state index in [9.17, 15) is 4.79 Å². The highest BCUT2D eigenvalue weighted by atomic mass is 16.1. The Morgan fingerprint density at radius 3 is 2.40 bits per heavy atom. The molecule has 1 heterocycles. The molecule has 1 aliphatic heterocycles. The highest BCUT2D eigenvalue weighted by molar-refractivity contribution is 5.78. The molecule has 20 heavy (non-hydrogen) atoms. The lowest BCUT2D eigenvalue weighted by Gasteiger charge is -2.36. The Morgan fingerprint density at radius 1 is 1.25 bits per heavy atom. The molecule has 3 nitrogen and oxygen atoms in total. The summed E-state index contributed by atoms with van der Waals surface area (Å²) in [5, 5.41) is 6.69. The van der Waals surface area contributed by atoms with Crippen molar-refractivity contribution in [1.29, 1.82) is 0 Å². The minimum atomic E-state index is 0.123. The quantitative estimate of drug-likeness (QED) is 0.834. The number of carbonyl (C=O) groups excluding carboxylic acids is 1. The maximum atomic E-state index is 12.3. The van der Waals surface area contributed by atoms with Crippen molar-refractivity contribution in [3.63, 3.8) is 0 Å². The van der Waals surface area contributed by atoms with Crippen molar-refractivity contribution < 1.29 is 4.79 Å². The molecule has 116 valence electrons. The van der Waals surface area contributed by atoms with Gasteiger partial charge in [-0.2, -0.15) is 0 Å². The van der Waals surface area contributed by atoms with E-state index >= 15 is 0 Å². The van der Waals surface area contributed by atoms with Crippen LogP contribution in [0.2, 0.25) is 0 Å². The van der Waals surface area contributed by atoms with Crippen LogP contribution in [0.1, 0.15) is 66.2 Å². The molecule has 2 rings (SSSR count). The summed E-state index contributed by atoms with van der Waals surface area (Å²) in [5.41, 5.74) is 0.515. The summed E-state index contributed by atoms with van der Waals surface area (Å²) in [7, 11) is 0. The number of rotatable bonds is 3. The van der Waals surface area contributed by atoms with Gasteiger partial charge in [0.2, 0.25) is 5.91 Å². The second-order valence-corrected chi connectivity index (χ2v) is 8.22. The van der Waals surface area contributed by atoms with Crippen molar-refractivity contribution in [2.75, 3.05) is 13.1 Å². The topological polar surface area (TPSA) is 41.1 Å². The molecule has 2 N–H and O–H groups in total. The molecule has 0 aromatic heterocycles. The van der Waals surface area contributed by atoms with Gasteiger partial charge in [0.1, 0.15) is 0 Å². The minimum Gasteiger partial charge on any atom is -0.354 e. The van der Waals surface area contributed by atoms with E-state index in [2.05, 4.69) is 38.3 Å². The fraction of sp³-hybridized carbons (Fsp3) is 0.941. The summed E-state index contributed by atoms with van der Waals surface area (Å²) < 4.78 is 0. The van der Waals surface area contributed by atoms with Crippen LogP contribution in [0.4, 0.5) is 0 Å². The number of carbonyl (C=O) groups is 1. The van der Waals surface area contributed by atoms with Gasteiger partial charge in [0.15, 0.2) is 0 Å². The van der Waals surface area contributed by atoms with Gasteiger partial charge in [0.25, 0.3) is 0 Å². The number of hydrogen-bond acceptors (Lipinski definition) is 2. The van der Waals surface area contributed by atoms with Crippen molar-refractivity contribution in [1.82, 2.24) is 10.6 Å². The number of hydrogen-bond donors (Lipinski definition) is 2. The van der Waals surface area contributed by atoms with Crippen LogP contribution in [-0.2, 0) is 4.79 Å². The molecule has 0 spiro atoms. The van der Waals surface area contributed by atoms with Crippen molar-refractivity contribution in [2.45, 2.75) is 71.8 Å². The largest absolute Gasteiger partial charge is 0.354 e. The lowest BCUT2D eigenvalue weighted by Crippen LogP contribution is -2.48. The molecule has 0 aromatic rings. The maximum absolute atomic E-state index is 12.3. The zero-order valence-corrected chi connectivity index (χ0v) is 13.7. The lowest BCUT2D eigenvalue weighted by molar-refractivity contribution is -0.126. The van der Waals surface area contributed by atoms with Crippen LogP contribution in [0.5, 0.6) is 0 Å². The van der Waals surface area contributed by atoms with Gasteiger partial charge in [-0.25, -0.2) is 0 Å². The summed E-state index contributed by atoms with van der Waals surface area (Å²) in [6, 6.07) is 0. The first-order valence-corrected chi connectivity index (χ1v) is 8.33. The van der Waals surface area contributed by atoms with Gasteiger partial charge in [-0.3, -0.25) is 4.79 Å². The SMILES string of the molecule is CC1(CNC(=O)C2CCC(C(C)(C)C)CC2)CCCN1. The molecule has 0 radical (unpaired) electrons. The Labute approximate surface area is 124 Å². The first kappa shape index (κ1) is 15.8. The maximum Gasteiger partial charge on any atom is 0.223 e. The van der Waals surface area contributed by atoms with E-state index in [0.717, 1.165) is 31.8 Å². The van der Waals surface area contributed by atoms with E-state index in [4.69, 9.17) is 0 Å². The zero-order chi connectivity index (χ0) is 14.8. The second-order valence-electron chi connectivity index (χ2n) is 8.22. The van der Waals surface area contributed by atoms with Crippen LogP contribution in [0.3, 0.4) is 0 Å². The zero-order valence-electron chi connectivity index (χ0n) is 13.7. The highest BCUT2D eigenvalue weighted by Gasteiger charge is 2.33. The molecule has 0 aromatic carbocycles. The van der Waals surface area contributed by atoms with E-state index in [1.165, 1.54) is 25.7 Å². The Balaban J connectivity index is 1.75. The fourth-order valence-electron chi connectivity index (χ4n) is 3.76. The van der Waals surface area contributed by atoms with Gasteiger partial charge in [0, 0.05) is 18.0 Å². The molecule has 2 aliphatic rings. The van der Waals surface area contributed by atoms with Gasteiger partial charge >= 0.3 is 0 Å². The number of nitrogens with one attached hydrogen (secondary N) is 2. The predicted molar refractivity (Wildman–Crippen MR) is 83.6 cm³/mol. The summed E-state index contributed by atoms with van der Waals surface area (Å²) >= 11 is 0. The third-order valence-electron chi connectivity index (χ3n) is 5.43. The van der Waals surface area contributed by atoms with Crippen molar-refractivity contribution >= 4 is 5.91 Å². The third kappa shape index (κ3) is 3.97. The van der Waals surface area contributed by atoms with Crippen molar-refractivity contribution in [2.24, 2.45) is 17.3 Å². The van der Waals surface area contributed by atoms with Gasteiger partial charge in [0.05, 0.1) is 0 Å². The summed E-state index contributed by atoms with van der Waals surface area (Å²) in [6.07, 6.45) is 6.94. The first-order valence-electron chi connectivity index (χ1n) is 8.33. The van der Waals surface area contributed by atoms with E-state index < -0.39 is 0 Å². The smallest absolute Gasteiger partial charge is 0.223 e. The lowest BCUT2D eigenvalue weighted by atomic mass is 9.69. The van der Waals surface area contributed by atoms with Gasteiger partial charge in [-0.1, -0.05) is 20.8 Å². The Bertz CT molecular complexity index is 331. The molecule has 1 amide bonds. The van der Waals surface area contributed by atoms with E-state index in [0.29, 0.717) is 5.41 Å². The average molecular weight is 280 g/mol. The standard InChI is InChI=1S/C17H32N2O/c1-16(2,3)14-8-6-13(7-9-14)15(20)18-12-17(4)10-5-11-19-17/h13-14,19H,5-12H2,1-4H3,(H,18,20). The minimum absolute atomic E-state index is 0.123. The van der Waals surface area contributed by atoms with E-state index in [1.54, 1.807) is 0 Å². The molecular formula is C17H32N2O. The summed E-state index contributed by atoms with van der Waals surface area (Å²) in [5.74, 6) is 1.31. The number of amides is 1. The molecular weight excluding hydrogens is 248 g/mol. The molecule has 1 aliphatic carbocycles. The van der Waals surface area contributed by atoms with Crippen LogP contribution in [-0.4, -0.2) is 24.5 Å². The Hall–Kier alpha value is -0.570. The fourth-order valence-corrected chi connectivity index (χ4v) is 3.76. The summed E-state index contributed by atoms with van der Waals surface area (Å²) in [4.78, 5) is 12.3. The Kier molecular flexibility index (Phi) is 4.78. The molecule has 0 bridgehead atoms. The van der Waals surface area contributed by atoms with Crippen LogP contribution in [0.15, 0.2) is 0 Å². The van der Waals surface area contributed by atoms with Gasteiger partial charge < -0.3 is 10.6 Å². The van der Waals surface area contributed by atoms with Crippen molar-refractivity contribution in [3.05, 3.63) is 0 Å². The third-order valence-corrected chi connectivity index (χ3v) is 5.43. The predicted octanol–water partition coefficient (Wildman–Crippen LogP) is 3.10. The molecule has 3 heteroatoms. The molecule has 2 fully saturated rings. The monoisotopic (exact) mass is 280 g/mol. The van der Waals surface area contributed by atoms with Crippen LogP contribution >= 0.6 is 0 Å². The van der Waals surface area contributed by atoms with Gasteiger partial charge in [-0.15, -0.1) is 0 Å². The second kappa shape index (κ2) is 6.05. The van der Waals surface area contributed by atoms with E-state index in [1.807, 2.05) is 0 Å². The average Bonchev–Trinajstić information content (AvgIpc) is 2.83.